The molecular weight excluding hydrogens is 204 g/mol. The van der Waals surface area contributed by atoms with E-state index in [1.165, 1.54) is 0 Å². The lowest BCUT2D eigenvalue weighted by atomic mass is 10.1. The van der Waals surface area contributed by atoms with E-state index in [1.54, 1.807) is 0 Å². The standard InChI is InChI=1S/C11H12N4O/c1-8(4-5-12)7-10-14-11(15-16-10)9-3-2-6-13-9/h2-3,6,8,13H,4,7H2,1H3. The highest BCUT2D eigenvalue weighted by molar-refractivity contribution is 5.47. The Morgan fingerprint density at radius 1 is 1.62 bits per heavy atom. The summed E-state index contributed by atoms with van der Waals surface area (Å²) < 4.78 is 5.11. The second kappa shape index (κ2) is 4.62. The Labute approximate surface area is 93.1 Å². The summed E-state index contributed by atoms with van der Waals surface area (Å²) in [6, 6.07) is 5.89. The van der Waals surface area contributed by atoms with Gasteiger partial charge in [0.1, 0.15) is 0 Å². The molecule has 0 saturated carbocycles. The molecule has 0 saturated heterocycles. The predicted octanol–water partition coefficient (Wildman–Crippen LogP) is 2.16. The van der Waals surface area contributed by atoms with Crippen molar-refractivity contribution in [3.8, 4) is 17.6 Å². The first-order valence-electron chi connectivity index (χ1n) is 5.13. The Kier molecular flexibility index (Phi) is 3.01. The first kappa shape index (κ1) is 10.4. The summed E-state index contributed by atoms with van der Waals surface area (Å²) in [6.45, 7) is 1.99. The maximum absolute atomic E-state index is 8.55. The molecular formula is C11H12N4O. The van der Waals surface area contributed by atoms with E-state index in [4.69, 9.17) is 9.78 Å². The lowest BCUT2D eigenvalue weighted by Crippen LogP contribution is -1.98. The molecule has 2 rings (SSSR count). The van der Waals surface area contributed by atoms with Crippen molar-refractivity contribution in [1.82, 2.24) is 15.1 Å². The molecule has 2 aromatic rings. The Morgan fingerprint density at radius 2 is 2.50 bits per heavy atom. The fourth-order valence-electron chi connectivity index (χ4n) is 1.44. The zero-order valence-electron chi connectivity index (χ0n) is 8.97. The van der Waals surface area contributed by atoms with Crippen molar-refractivity contribution >= 4 is 0 Å². The van der Waals surface area contributed by atoms with Crippen LogP contribution in [0.2, 0.25) is 0 Å². The molecule has 1 unspecified atom stereocenters. The van der Waals surface area contributed by atoms with Crippen molar-refractivity contribution in [3.63, 3.8) is 0 Å². The third kappa shape index (κ3) is 2.28. The quantitative estimate of drug-likeness (QED) is 0.849. The Hall–Kier alpha value is -2.09. The van der Waals surface area contributed by atoms with E-state index in [0.717, 1.165) is 5.69 Å². The molecule has 0 aliphatic rings. The number of aromatic amines is 1. The van der Waals surface area contributed by atoms with E-state index in [9.17, 15) is 0 Å². The summed E-state index contributed by atoms with van der Waals surface area (Å²) in [5, 5.41) is 12.4. The molecule has 0 amide bonds. The van der Waals surface area contributed by atoms with Gasteiger partial charge in [-0.3, -0.25) is 0 Å². The first-order valence-corrected chi connectivity index (χ1v) is 5.13. The number of nitrogens with one attached hydrogen (secondary N) is 1. The van der Waals surface area contributed by atoms with Crippen LogP contribution in [0.3, 0.4) is 0 Å². The highest BCUT2D eigenvalue weighted by Gasteiger charge is 2.12. The van der Waals surface area contributed by atoms with Crippen molar-refractivity contribution < 1.29 is 4.52 Å². The smallest absolute Gasteiger partial charge is 0.227 e. The van der Waals surface area contributed by atoms with Crippen LogP contribution >= 0.6 is 0 Å². The summed E-state index contributed by atoms with van der Waals surface area (Å²) in [6.07, 6.45) is 2.95. The predicted molar refractivity (Wildman–Crippen MR) is 57.2 cm³/mol. The second-order valence-corrected chi connectivity index (χ2v) is 3.77. The Bertz CT molecular complexity index is 480. The largest absolute Gasteiger partial charge is 0.359 e. The fourth-order valence-corrected chi connectivity index (χ4v) is 1.44. The van der Waals surface area contributed by atoms with Gasteiger partial charge in [0.05, 0.1) is 11.8 Å². The van der Waals surface area contributed by atoms with Gasteiger partial charge in [-0.1, -0.05) is 12.1 Å². The zero-order chi connectivity index (χ0) is 11.4. The van der Waals surface area contributed by atoms with E-state index in [0.29, 0.717) is 24.6 Å². The fraction of sp³-hybridized carbons (Fsp3) is 0.364. The highest BCUT2D eigenvalue weighted by Crippen LogP contribution is 2.15. The van der Waals surface area contributed by atoms with Crippen molar-refractivity contribution in [3.05, 3.63) is 24.2 Å². The van der Waals surface area contributed by atoms with Gasteiger partial charge < -0.3 is 9.51 Å². The SMILES string of the molecule is CC(CC#N)Cc1nc(-c2ccc[nH]2)no1. The van der Waals surface area contributed by atoms with Crippen LogP contribution in [0.1, 0.15) is 19.2 Å². The molecule has 5 nitrogen and oxygen atoms in total. The third-order valence-corrected chi connectivity index (χ3v) is 2.27. The maximum atomic E-state index is 8.55. The molecule has 0 bridgehead atoms. The van der Waals surface area contributed by atoms with Gasteiger partial charge in [0.25, 0.3) is 0 Å². The van der Waals surface area contributed by atoms with E-state index in [2.05, 4.69) is 21.2 Å². The summed E-state index contributed by atoms with van der Waals surface area (Å²) >= 11 is 0. The van der Waals surface area contributed by atoms with Crippen LogP contribution in [0.4, 0.5) is 0 Å². The van der Waals surface area contributed by atoms with Crippen molar-refractivity contribution in [2.75, 3.05) is 0 Å². The molecule has 1 N–H and O–H groups in total. The molecule has 16 heavy (non-hydrogen) atoms. The van der Waals surface area contributed by atoms with E-state index in [1.807, 2.05) is 25.3 Å². The van der Waals surface area contributed by atoms with Crippen molar-refractivity contribution in [2.24, 2.45) is 5.92 Å². The van der Waals surface area contributed by atoms with Gasteiger partial charge in [-0.25, -0.2) is 0 Å². The third-order valence-electron chi connectivity index (χ3n) is 2.27. The second-order valence-electron chi connectivity index (χ2n) is 3.77. The zero-order valence-corrected chi connectivity index (χ0v) is 8.97. The molecule has 5 heteroatoms. The average Bonchev–Trinajstić information content (AvgIpc) is 2.86. The molecule has 0 aromatic carbocycles. The number of hydrogen-bond acceptors (Lipinski definition) is 4. The van der Waals surface area contributed by atoms with Crippen LogP contribution in [0.25, 0.3) is 11.5 Å². The van der Waals surface area contributed by atoms with Crippen molar-refractivity contribution in [2.45, 2.75) is 19.8 Å². The molecule has 0 fully saturated rings. The van der Waals surface area contributed by atoms with Gasteiger partial charge in [0.2, 0.25) is 11.7 Å². The van der Waals surface area contributed by atoms with Gasteiger partial charge in [-0.2, -0.15) is 10.2 Å². The van der Waals surface area contributed by atoms with E-state index >= 15 is 0 Å². The molecule has 0 aliphatic heterocycles. The Balaban J connectivity index is 2.06. The number of nitrogens with zero attached hydrogens (tertiary/aromatic N) is 3. The molecule has 82 valence electrons. The molecule has 0 radical (unpaired) electrons. The van der Waals surface area contributed by atoms with Crippen LogP contribution in [0.15, 0.2) is 22.9 Å². The van der Waals surface area contributed by atoms with Gasteiger partial charge >= 0.3 is 0 Å². The van der Waals surface area contributed by atoms with E-state index < -0.39 is 0 Å². The lowest BCUT2D eigenvalue weighted by Gasteiger charge is -2.00. The average molecular weight is 216 g/mol. The molecule has 0 aliphatic carbocycles. The van der Waals surface area contributed by atoms with Crippen LogP contribution in [-0.4, -0.2) is 15.1 Å². The normalized spacial score (nSPS) is 12.2. The molecule has 1 atom stereocenters. The summed E-state index contributed by atoms with van der Waals surface area (Å²) in [5.41, 5.74) is 0.836. The maximum Gasteiger partial charge on any atom is 0.227 e. The minimum Gasteiger partial charge on any atom is -0.359 e. The van der Waals surface area contributed by atoms with Crippen LogP contribution in [-0.2, 0) is 6.42 Å². The minimum atomic E-state index is 0.238. The number of nitriles is 1. The van der Waals surface area contributed by atoms with E-state index in [-0.39, 0.29) is 5.92 Å². The summed E-state index contributed by atoms with van der Waals surface area (Å²) in [4.78, 5) is 7.26. The topological polar surface area (TPSA) is 78.5 Å². The minimum absolute atomic E-state index is 0.238. The van der Waals surface area contributed by atoms with Gasteiger partial charge in [0.15, 0.2) is 0 Å². The molecule has 2 aromatic heterocycles. The van der Waals surface area contributed by atoms with Gasteiger partial charge in [-0.05, 0) is 18.1 Å². The van der Waals surface area contributed by atoms with Crippen LogP contribution in [0, 0.1) is 17.2 Å². The summed E-state index contributed by atoms with van der Waals surface area (Å²) in [5.74, 6) is 1.37. The number of hydrogen-bond donors (Lipinski definition) is 1. The number of aromatic nitrogens is 3. The van der Waals surface area contributed by atoms with Crippen LogP contribution < -0.4 is 0 Å². The number of rotatable bonds is 4. The highest BCUT2D eigenvalue weighted by atomic mass is 16.5. The van der Waals surface area contributed by atoms with Crippen LogP contribution in [0.5, 0.6) is 0 Å². The monoisotopic (exact) mass is 216 g/mol. The molecule has 2 heterocycles. The number of H-pyrrole nitrogens is 1. The summed E-state index contributed by atoms with van der Waals surface area (Å²) in [7, 11) is 0. The first-order chi connectivity index (χ1) is 7.79. The molecule has 0 spiro atoms. The Morgan fingerprint density at radius 3 is 3.19 bits per heavy atom. The van der Waals surface area contributed by atoms with Gasteiger partial charge in [-0.15, -0.1) is 0 Å². The van der Waals surface area contributed by atoms with Gasteiger partial charge in [0, 0.05) is 19.0 Å². The lowest BCUT2D eigenvalue weighted by molar-refractivity contribution is 0.359. The van der Waals surface area contributed by atoms with Crippen molar-refractivity contribution in [1.29, 1.82) is 5.26 Å².